The molecular formula is C16H19N3O2S. The zero-order chi connectivity index (χ0) is 15.9. The van der Waals surface area contributed by atoms with Gasteiger partial charge in [-0.05, 0) is 17.9 Å². The van der Waals surface area contributed by atoms with Crippen LogP contribution in [0.25, 0.3) is 0 Å². The predicted octanol–water partition coefficient (Wildman–Crippen LogP) is 2.72. The second-order valence-electron chi connectivity index (χ2n) is 6.54. The first kappa shape index (κ1) is 15.0. The van der Waals surface area contributed by atoms with Crippen LogP contribution in [0.5, 0.6) is 0 Å². The van der Waals surface area contributed by atoms with E-state index in [0.29, 0.717) is 12.4 Å². The Morgan fingerprint density at radius 1 is 1.45 bits per heavy atom. The van der Waals surface area contributed by atoms with Crippen LogP contribution in [0.15, 0.2) is 28.5 Å². The molecule has 1 aliphatic rings. The number of hydrogen-bond acceptors (Lipinski definition) is 4. The fraction of sp³-hybridized carbons (Fsp3) is 0.438. The first-order chi connectivity index (χ1) is 10.4. The van der Waals surface area contributed by atoms with Gasteiger partial charge in [-0.1, -0.05) is 26.8 Å². The Morgan fingerprint density at radius 3 is 2.73 bits per heavy atom. The summed E-state index contributed by atoms with van der Waals surface area (Å²) in [6, 6.07) is 4.10. The minimum Gasteiger partial charge on any atom is -0.330 e. The van der Waals surface area contributed by atoms with Gasteiger partial charge >= 0.3 is 0 Å². The summed E-state index contributed by atoms with van der Waals surface area (Å²) in [5.74, 6) is 0.353. The summed E-state index contributed by atoms with van der Waals surface area (Å²) in [5.41, 5.74) is -0.493. The van der Waals surface area contributed by atoms with Gasteiger partial charge in [-0.25, -0.2) is 4.98 Å². The minimum absolute atomic E-state index is 0.0918. The Hall–Kier alpha value is -1.95. The minimum atomic E-state index is -0.359. The van der Waals surface area contributed by atoms with Crippen molar-refractivity contribution in [3.05, 3.63) is 50.3 Å². The van der Waals surface area contributed by atoms with E-state index in [2.05, 4.69) is 9.97 Å². The average Bonchev–Trinajstić information content (AvgIpc) is 2.89. The van der Waals surface area contributed by atoms with Gasteiger partial charge in [0.15, 0.2) is 0 Å². The van der Waals surface area contributed by atoms with E-state index in [-0.39, 0.29) is 28.5 Å². The highest BCUT2D eigenvalue weighted by Gasteiger charge is 2.35. The maximum absolute atomic E-state index is 12.6. The average molecular weight is 317 g/mol. The third-order valence-corrected chi connectivity index (χ3v) is 4.87. The third kappa shape index (κ3) is 2.59. The number of hydrogen-bond donors (Lipinski definition) is 1. The first-order valence-electron chi connectivity index (χ1n) is 7.32. The summed E-state index contributed by atoms with van der Waals surface area (Å²) in [5, 5.41) is 2.00. The Bertz CT molecular complexity index is 743. The van der Waals surface area contributed by atoms with Gasteiger partial charge in [-0.15, -0.1) is 11.3 Å². The number of likely N-dealkylation sites (tertiary alicyclic amines) is 1. The number of carbonyl (C=O) groups excluding carboxylic acids is 1. The fourth-order valence-corrected chi connectivity index (χ4v) is 3.36. The maximum Gasteiger partial charge on any atom is 0.263 e. The second-order valence-corrected chi connectivity index (χ2v) is 7.52. The van der Waals surface area contributed by atoms with Crippen molar-refractivity contribution >= 4 is 17.2 Å². The van der Waals surface area contributed by atoms with Crippen LogP contribution in [0.2, 0.25) is 0 Å². The van der Waals surface area contributed by atoms with Crippen LogP contribution >= 0.6 is 11.3 Å². The number of nitrogens with zero attached hydrogens (tertiary/aromatic N) is 2. The van der Waals surface area contributed by atoms with Crippen LogP contribution in [0.3, 0.4) is 0 Å². The molecule has 0 saturated carbocycles. The molecule has 5 nitrogen and oxygen atoms in total. The van der Waals surface area contributed by atoms with Gasteiger partial charge in [0, 0.05) is 23.0 Å². The molecule has 0 aliphatic carbocycles. The molecule has 0 aromatic carbocycles. The molecular weight excluding hydrogens is 298 g/mol. The molecule has 2 aromatic rings. The van der Waals surface area contributed by atoms with E-state index in [1.807, 2.05) is 38.3 Å². The molecule has 3 rings (SSSR count). The van der Waals surface area contributed by atoms with Crippen molar-refractivity contribution < 1.29 is 4.79 Å². The van der Waals surface area contributed by atoms with Crippen molar-refractivity contribution in [1.29, 1.82) is 0 Å². The van der Waals surface area contributed by atoms with Gasteiger partial charge < -0.3 is 9.88 Å². The molecule has 1 aliphatic heterocycles. The fourth-order valence-electron chi connectivity index (χ4n) is 2.49. The monoisotopic (exact) mass is 317 g/mol. The summed E-state index contributed by atoms with van der Waals surface area (Å²) in [7, 11) is 0. The molecule has 1 amide bonds. The number of nitrogens with one attached hydrogen (secondary N) is 1. The molecule has 22 heavy (non-hydrogen) atoms. The lowest BCUT2D eigenvalue weighted by Crippen LogP contribution is -2.46. The summed E-state index contributed by atoms with van der Waals surface area (Å²) in [6.07, 6.45) is 2.35. The normalized spacial score (nSPS) is 18.1. The predicted molar refractivity (Wildman–Crippen MR) is 86.3 cm³/mol. The first-order valence-corrected chi connectivity index (χ1v) is 8.20. The van der Waals surface area contributed by atoms with Crippen LogP contribution in [0, 0.1) is 0 Å². The van der Waals surface area contributed by atoms with Gasteiger partial charge in [-0.2, -0.15) is 0 Å². The molecule has 6 heteroatoms. The lowest BCUT2D eigenvalue weighted by Gasteiger charge is -2.40. The van der Waals surface area contributed by atoms with Crippen molar-refractivity contribution in [2.45, 2.75) is 38.6 Å². The number of thiophene rings is 1. The van der Waals surface area contributed by atoms with Crippen molar-refractivity contribution in [3.63, 3.8) is 0 Å². The molecule has 1 saturated heterocycles. The van der Waals surface area contributed by atoms with Crippen LogP contribution in [0.1, 0.15) is 54.3 Å². The zero-order valence-corrected chi connectivity index (χ0v) is 13.7. The van der Waals surface area contributed by atoms with Crippen molar-refractivity contribution in [3.8, 4) is 0 Å². The van der Waals surface area contributed by atoms with E-state index < -0.39 is 0 Å². The van der Waals surface area contributed by atoms with E-state index >= 15 is 0 Å². The maximum atomic E-state index is 12.6. The van der Waals surface area contributed by atoms with Crippen LogP contribution in [-0.2, 0) is 5.41 Å². The number of rotatable bonds is 2. The van der Waals surface area contributed by atoms with E-state index in [1.54, 1.807) is 16.2 Å². The van der Waals surface area contributed by atoms with Crippen molar-refractivity contribution in [1.82, 2.24) is 14.9 Å². The number of carbonyl (C=O) groups is 1. The highest BCUT2D eigenvalue weighted by molar-refractivity contribution is 7.10. The Balaban J connectivity index is 1.86. The molecule has 3 heterocycles. The van der Waals surface area contributed by atoms with E-state index in [1.165, 1.54) is 6.20 Å². The highest BCUT2D eigenvalue weighted by Crippen LogP contribution is 2.36. The van der Waals surface area contributed by atoms with Crippen molar-refractivity contribution in [2.24, 2.45) is 0 Å². The Morgan fingerprint density at radius 2 is 2.23 bits per heavy atom. The third-order valence-electron chi connectivity index (χ3n) is 3.89. The SMILES string of the molecule is CC(C)(C)c1ncc(C(=O)N2CC[C@@H]2c2cccs2)c(=O)[nH]1. The van der Waals surface area contributed by atoms with Gasteiger partial charge in [-0.3, -0.25) is 9.59 Å². The molecule has 0 bridgehead atoms. The zero-order valence-electron chi connectivity index (χ0n) is 12.9. The second kappa shape index (κ2) is 5.35. The topological polar surface area (TPSA) is 66.1 Å². The van der Waals surface area contributed by atoms with Gasteiger partial charge in [0.25, 0.3) is 11.5 Å². The molecule has 0 unspecified atom stereocenters. The Kier molecular flexibility index (Phi) is 3.64. The van der Waals surface area contributed by atoms with E-state index in [4.69, 9.17) is 0 Å². The lowest BCUT2D eigenvalue weighted by atomic mass is 9.95. The van der Waals surface area contributed by atoms with Gasteiger partial charge in [0.05, 0.1) is 6.04 Å². The van der Waals surface area contributed by atoms with Crippen molar-refractivity contribution in [2.75, 3.05) is 6.54 Å². The largest absolute Gasteiger partial charge is 0.330 e. The standard InChI is InChI=1S/C16H19N3O2S/c1-16(2,3)15-17-9-10(13(20)18-15)14(21)19-7-6-11(19)12-5-4-8-22-12/h4-5,8-9,11H,6-7H2,1-3H3,(H,17,18,20)/t11-/m1/s1. The van der Waals surface area contributed by atoms with E-state index in [0.717, 1.165) is 11.3 Å². The molecule has 2 aromatic heterocycles. The highest BCUT2D eigenvalue weighted by atomic mass is 32.1. The summed E-state index contributed by atoms with van der Waals surface area (Å²) < 4.78 is 0. The molecule has 0 spiro atoms. The molecule has 1 atom stereocenters. The van der Waals surface area contributed by atoms with Crippen LogP contribution < -0.4 is 5.56 Å². The Labute approximate surface area is 133 Å². The van der Waals surface area contributed by atoms with Gasteiger partial charge in [0.2, 0.25) is 0 Å². The number of aromatic nitrogens is 2. The number of H-pyrrole nitrogens is 1. The quantitative estimate of drug-likeness (QED) is 0.926. The summed E-state index contributed by atoms with van der Waals surface area (Å²) in [4.78, 5) is 34.7. The smallest absolute Gasteiger partial charge is 0.263 e. The lowest BCUT2D eigenvalue weighted by molar-refractivity contribution is 0.0465. The summed E-state index contributed by atoms with van der Waals surface area (Å²) >= 11 is 1.64. The van der Waals surface area contributed by atoms with Crippen LogP contribution in [0.4, 0.5) is 0 Å². The number of aromatic amines is 1. The molecule has 1 N–H and O–H groups in total. The molecule has 116 valence electrons. The molecule has 1 fully saturated rings. The number of amides is 1. The van der Waals surface area contributed by atoms with Crippen LogP contribution in [-0.4, -0.2) is 27.3 Å². The molecule has 0 radical (unpaired) electrons. The summed E-state index contributed by atoms with van der Waals surface area (Å²) in [6.45, 7) is 6.58. The van der Waals surface area contributed by atoms with Gasteiger partial charge in [0.1, 0.15) is 11.4 Å². The van der Waals surface area contributed by atoms with E-state index in [9.17, 15) is 9.59 Å².